The number of thioether (sulfide) groups is 1. The number of hydrogen-bond acceptors (Lipinski definition) is 4. The molecule has 0 spiro atoms. The highest BCUT2D eigenvalue weighted by atomic mass is 32.2. The van der Waals surface area contributed by atoms with Gasteiger partial charge in [-0.15, -0.1) is 11.8 Å². The van der Waals surface area contributed by atoms with Gasteiger partial charge in [0.2, 0.25) is 0 Å². The number of nitrogens with zero attached hydrogens (tertiary/aromatic N) is 3. The molecule has 1 aromatic heterocycles. The minimum absolute atomic E-state index is 0.437. The normalized spacial score (nSPS) is 17.4. The lowest BCUT2D eigenvalue weighted by Gasteiger charge is -2.26. The van der Waals surface area contributed by atoms with Crippen LogP contribution in [0.2, 0.25) is 0 Å². The molecule has 0 radical (unpaired) electrons. The lowest BCUT2D eigenvalue weighted by molar-refractivity contribution is 0.509. The first-order valence-electron chi connectivity index (χ1n) is 7.73. The molecular formula is C17H24N4S. The largest absolute Gasteiger partial charge is 0.363 e. The van der Waals surface area contributed by atoms with Gasteiger partial charge in [-0.05, 0) is 30.7 Å². The van der Waals surface area contributed by atoms with Crippen LogP contribution in [-0.2, 0) is 13.6 Å². The van der Waals surface area contributed by atoms with Gasteiger partial charge < -0.3 is 10.2 Å². The average Bonchev–Trinajstić information content (AvgIpc) is 2.79. The summed E-state index contributed by atoms with van der Waals surface area (Å²) in [4.78, 5) is 3.56. The van der Waals surface area contributed by atoms with Gasteiger partial charge in [0, 0.05) is 44.2 Å². The number of benzene rings is 1. The van der Waals surface area contributed by atoms with Crippen molar-refractivity contribution >= 4 is 17.6 Å². The van der Waals surface area contributed by atoms with E-state index in [1.165, 1.54) is 34.0 Å². The lowest BCUT2D eigenvalue weighted by Crippen LogP contribution is -2.25. The molecular weight excluding hydrogens is 292 g/mol. The third-order valence-corrected chi connectivity index (χ3v) is 5.34. The number of hydrogen-bond donors (Lipinski definition) is 1. The lowest BCUT2D eigenvalue weighted by atomic mass is 10.0. The van der Waals surface area contributed by atoms with E-state index in [2.05, 4.69) is 60.6 Å². The van der Waals surface area contributed by atoms with Gasteiger partial charge in [-0.3, -0.25) is 4.68 Å². The minimum Gasteiger partial charge on any atom is -0.363 e. The first kappa shape index (κ1) is 15.4. The van der Waals surface area contributed by atoms with E-state index in [-0.39, 0.29) is 0 Å². The molecule has 4 nitrogen and oxygen atoms in total. The van der Waals surface area contributed by atoms with E-state index >= 15 is 0 Å². The molecule has 0 bridgehead atoms. The Bertz CT molecular complexity index is 663. The molecule has 1 atom stereocenters. The predicted molar refractivity (Wildman–Crippen MR) is 93.6 cm³/mol. The fourth-order valence-corrected chi connectivity index (χ4v) is 4.36. The highest BCUT2D eigenvalue weighted by Crippen LogP contribution is 2.36. The van der Waals surface area contributed by atoms with Gasteiger partial charge in [-0.1, -0.05) is 18.2 Å². The molecule has 1 aromatic carbocycles. The summed E-state index contributed by atoms with van der Waals surface area (Å²) in [6.45, 7) is 2.95. The van der Waals surface area contributed by atoms with Crippen molar-refractivity contribution in [1.29, 1.82) is 0 Å². The molecule has 2 heterocycles. The van der Waals surface area contributed by atoms with Crippen molar-refractivity contribution in [3.63, 3.8) is 0 Å². The Morgan fingerprint density at radius 1 is 1.36 bits per heavy atom. The molecule has 1 aliphatic heterocycles. The van der Waals surface area contributed by atoms with Gasteiger partial charge in [-0.25, -0.2) is 0 Å². The summed E-state index contributed by atoms with van der Waals surface area (Å²) >= 11 is 1.96. The van der Waals surface area contributed by atoms with Crippen LogP contribution < -0.4 is 10.2 Å². The van der Waals surface area contributed by atoms with Crippen molar-refractivity contribution < 1.29 is 0 Å². The van der Waals surface area contributed by atoms with Crippen molar-refractivity contribution in [2.45, 2.75) is 30.8 Å². The second kappa shape index (κ2) is 6.34. The number of rotatable bonds is 4. The van der Waals surface area contributed by atoms with Crippen LogP contribution in [0.1, 0.15) is 29.3 Å². The van der Waals surface area contributed by atoms with Crippen LogP contribution in [0.25, 0.3) is 0 Å². The highest BCUT2D eigenvalue weighted by molar-refractivity contribution is 7.99. The zero-order valence-electron chi connectivity index (χ0n) is 13.8. The summed E-state index contributed by atoms with van der Waals surface area (Å²) in [6.07, 6.45) is 1.18. The topological polar surface area (TPSA) is 33.1 Å². The zero-order valence-corrected chi connectivity index (χ0v) is 14.6. The predicted octanol–water partition coefficient (Wildman–Crippen LogP) is 3.12. The van der Waals surface area contributed by atoms with Crippen molar-refractivity contribution in [3.05, 3.63) is 41.1 Å². The quantitative estimate of drug-likeness (QED) is 0.939. The summed E-state index contributed by atoms with van der Waals surface area (Å²) in [5.41, 5.74) is 3.84. The maximum Gasteiger partial charge on any atom is 0.130 e. The van der Waals surface area contributed by atoms with Crippen LogP contribution in [0.5, 0.6) is 0 Å². The third kappa shape index (κ3) is 2.88. The average molecular weight is 316 g/mol. The molecule has 3 rings (SSSR count). The molecule has 0 saturated carbocycles. The van der Waals surface area contributed by atoms with Gasteiger partial charge in [-0.2, -0.15) is 5.10 Å². The van der Waals surface area contributed by atoms with E-state index in [0.29, 0.717) is 6.04 Å². The van der Waals surface area contributed by atoms with Crippen LogP contribution in [-0.4, -0.2) is 29.6 Å². The SMILES string of the molecule is Cc1nn(C)c(N(C)C)c1CN[C@H]1CCSc2ccccc21. The molecule has 2 aromatic rings. The first-order chi connectivity index (χ1) is 10.6. The van der Waals surface area contributed by atoms with E-state index in [1.54, 1.807) is 0 Å². The zero-order chi connectivity index (χ0) is 15.7. The van der Waals surface area contributed by atoms with Crippen molar-refractivity contribution in [3.8, 4) is 0 Å². The number of fused-ring (bicyclic) bond motifs is 1. The van der Waals surface area contributed by atoms with Gasteiger partial charge in [0.1, 0.15) is 5.82 Å². The second-order valence-electron chi connectivity index (χ2n) is 6.01. The van der Waals surface area contributed by atoms with Crippen LogP contribution in [0.15, 0.2) is 29.2 Å². The molecule has 0 fully saturated rings. The second-order valence-corrected chi connectivity index (χ2v) is 7.15. The summed E-state index contributed by atoms with van der Waals surface area (Å²) < 4.78 is 1.97. The third-order valence-electron chi connectivity index (χ3n) is 4.22. The molecule has 0 unspecified atom stereocenters. The number of aromatic nitrogens is 2. The highest BCUT2D eigenvalue weighted by Gasteiger charge is 2.21. The van der Waals surface area contributed by atoms with Crippen molar-refractivity contribution in [2.24, 2.45) is 7.05 Å². The maximum absolute atomic E-state index is 4.57. The van der Waals surface area contributed by atoms with Crippen LogP contribution >= 0.6 is 11.8 Å². The molecule has 1 N–H and O–H groups in total. The van der Waals surface area contributed by atoms with Crippen LogP contribution in [0.3, 0.4) is 0 Å². The molecule has 0 amide bonds. The summed E-state index contributed by atoms with van der Waals surface area (Å²) in [5.74, 6) is 2.37. The Labute approximate surface area is 136 Å². The number of nitrogens with one attached hydrogen (secondary N) is 1. The maximum atomic E-state index is 4.57. The van der Waals surface area contributed by atoms with E-state index in [1.807, 2.05) is 23.5 Å². The monoisotopic (exact) mass is 316 g/mol. The van der Waals surface area contributed by atoms with Crippen LogP contribution in [0, 0.1) is 6.92 Å². The Balaban J connectivity index is 1.80. The van der Waals surface area contributed by atoms with Gasteiger partial charge in [0.25, 0.3) is 0 Å². The Morgan fingerprint density at radius 2 is 2.14 bits per heavy atom. The number of aryl methyl sites for hydroxylation is 2. The Kier molecular flexibility index (Phi) is 4.45. The van der Waals surface area contributed by atoms with E-state index in [4.69, 9.17) is 0 Å². The van der Waals surface area contributed by atoms with Crippen LogP contribution in [0.4, 0.5) is 5.82 Å². The molecule has 0 saturated heterocycles. The smallest absolute Gasteiger partial charge is 0.130 e. The van der Waals surface area contributed by atoms with Crippen molar-refractivity contribution in [1.82, 2.24) is 15.1 Å². The number of anilines is 1. The van der Waals surface area contributed by atoms with Gasteiger partial charge in [0.05, 0.1) is 5.69 Å². The van der Waals surface area contributed by atoms with Gasteiger partial charge in [0.15, 0.2) is 0 Å². The molecule has 5 heteroatoms. The fraction of sp³-hybridized carbons (Fsp3) is 0.471. The Hall–Kier alpha value is -1.46. The summed E-state index contributed by atoms with van der Waals surface area (Å²) in [5, 5.41) is 8.32. The Morgan fingerprint density at radius 3 is 2.91 bits per heavy atom. The van der Waals surface area contributed by atoms with Crippen molar-refractivity contribution in [2.75, 3.05) is 24.7 Å². The van der Waals surface area contributed by atoms with E-state index in [9.17, 15) is 0 Å². The van der Waals surface area contributed by atoms with E-state index < -0.39 is 0 Å². The standard InChI is InChI=1S/C17H24N4S/c1-12-14(17(20(2)3)21(4)19-12)11-18-15-9-10-22-16-8-6-5-7-13(15)16/h5-8,15,18H,9-11H2,1-4H3/t15-/m0/s1. The molecule has 1 aliphatic rings. The molecule has 118 valence electrons. The molecule has 0 aliphatic carbocycles. The van der Waals surface area contributed by atoms with Gasteiger partial charge >= 0.3 is 0 Å². The summed E-state index contributed by atoms with van der Waals surface area (Å²) in [6, 6.07) is 9.19. The first-order valence-corrected chi connectivity index (χ1v) is 8.71. The summed E-state index contributed by atoms with van der Waals surface area (Å²) in [7, 11) is 6.16. The molecule has 22 heavy (non-hydrogen) atoms. The minimum atomic E-state index is 0.437. The van der Waals surface area contributed by atoms with E-state index in [0.717, 1.165) is 12.2 Å². The fourth-order valence-electron chi connectivity index (χ4n) is 3.24.